The number of aryl methyl sites for hydroxylation is 1. The summed E-state index contributed by atoms with van der Waals surface area (Å²) in [7, 11) is 3.43. The van der Waals surface area contributed by atoms with E-state index in [1.54, 1.807) is 7.05 Å². The number of amides is 2. The van der Waals surface area contributed by atoms with Crippen LogP contribution in [0.4, 0.5) is 17.1 Å². The molecule has 0 heterocycles. The SMILES string of the molecule is C=NC=O.CCc1cc(N=C(CCC(O)CCO)C(=O)NC)c(NC)cc1NC1CCCC1. The molecular formula is C24H39N5O4. The maximum absolute atomic E-state index is 12.3. The van der Waals surface area contributed by atoms with E-state index in [1.165, 1.54) is 31.2 Å². The molecule has 0 bridgehead atoms. The molecule has 2 amide bonds. The van der Waals surface area contributed by atoms with E-state index in [2.05, 4.69) is 45.6 Å². The lowest BCUT2D eigenvalue weighted by Crippen LogP contribution is -2.28. The van der Waals surface area contributed by atoms with Gasteiger partial charge in [-0.3, -0.25) is 9.59 Å². The number of rotatable bonds is 12. The smallest absolute Gasteiger partial charge is 0.265 e. The van der Waals surface area contributed by atoms with Gasteiger partial charge in [0.15, 0.2) is 0 Å². The van der Waals surface area contributed by atoms with Gasteiger partial charge in [0.05, 0.1) is 17.5 Å². The normalized spacial score (nSPS) is 14.6. The van der Waals surface area contributed by atoms with Crippen LogP contribution in [0.15, 0.2) is 22.1 Å². The van der Waals surface area contributed by atoms with Crippen molar-refractivity contribution in [3.05, 3.63) is 17.7 Å². The van der Waals surface area contributed by atoms with Crippen LogP contribution < -0.4 is 16.0 Å². The summed E-state index contributed by atoms with van der Waals surface area (Å²) >= 11 is 0. The van der Waals surface area contributed by atoms with Crippen molar-refractivity contribution < 1.29 is 19.8 Å². The second kappa shape index (κ2) is 15.9. The number of nitrogens with zero attached hydrogens (tertiary/aromatic N) is 2. The topological polar surface area (TPSA) is 135 Å². The van der Waals surface area contributed by atoms with Gasteiger partial charge in [0.2, 0.25) is 6.41 Å². The minimum absolute atomic E-state index is 0.0766. The van der Waals surface area contributed by atoms with Crippen LogP contribution in [-0.2, 0) is 16.0 Å². The molecule has 9 heteroatoms. The van der Waals surface area contributed by atoms with Crippen LogP contribution in [0.2, 0.25) is 0 Å². The number of aliphatic hydroxyl groups is 2. The molecule has 5 N–H and O–H groups in total. The second-order valence-electron chi connectivity index (χ2n) is 7.89. The number of hydrogen-bond donors (Lipinski definition) is 5. The number of aliphatic hydroxyl groups excluding tert-OH is 2. The molecule has 1 unspecified atom stereocenters. The van der Waals surface area contributed by atoms with Crippen LogP contribution in [0.3, 0.4) is 0 Å². The molecule has 9 nitrogen and oxygen atoms in total. The van der Waals surface area contributed by atoms with Gasteiger partial charge in [0, 0.05) is 32.4 Å². The van der Waals surface area contributed by atoms with Gasteiger partial charge in [0.1, 0.15) is 5.71 Å². The Kier molecular flexibility index (Phi) is 13.6. The van der Waals surface area contributed by atoms with Gasteiger partial charge in [-0.15, -0.1) is 0 Å². The van der Waals surface area contributed by atoms with Crippen LogP contribution in [0, 0.1) is 0 Å². The van der Waals surface area contributed by atoms with E-state index < -0.39 is 6.10 Å². The van der Waals surface area contributed by atoms with E-state index in [4.69, 9.17) is 9.90 Å². The minimum atomic E-state index is -0.650. The van der Waals surface area contributed by atoms with Crippen LogP contribution in [0.1, 0.15) is 57.4 Å². The molecule has 1 fully saturated rings. The van der Waals surface area contributed by atoms with Crippen molar-refractivity contribution in [2.24, 2.45) is 9.98 Å². The zero-order chi connectivity index (χ0) is 24.6. The zero-order valence-corrected chi connectivity index (χ0v) is 20.1. The number of carbonyl (C=O) groups is 2. The van der Waals surface area contributed by atoms with Crippen molar-refractivity contribution in [2.75, 3.05) is 31.3 Å². The quantitative estimate of drug-likeness (QED) is 0.240. The van der Waals surface area contributed by atoms with Crippen molar-refractivity contribution >= 4 is 41.8 Å². The van der Waals surface area contributed by atoms with E-state index in [0.29, 0.717) is 37.4 Å². The van der Waals surface area contributed by atoms with Crippen molar-refractivity contribution in [1.29, 1.82) is 0 Å². The molecule has 0 saturated heterocycles. The lowest BCUT2D eigenvalue weighted by molar-refractivity contribution is -0.114. The molecule has 2 rings (SSSR count). The van der Waals surface area contributed by atoms with Crippen LogP contribution in [-0.4, -0.2) is 67.8 Å². The Labute approximate surface area is 196 Å². The third-order valence-electron chi connectivity index (χ3n) is 5.58. The van der Waals surface area contributed by atoms with Gasteiger partial charge in [-0.05, 0) is 62.9 Å². The number of hydrogen-bond acceptors (Lipinski definition) is 7. The molecule has 0 radical (unpaired) electrons. The lowest BCUT2D eigenvalue weighted by Gasteiger charge is -2.19. The van der Waals surface area contributed by atoms with Crippen molar-refractivity contribution in [3.8, 4) is 0 Å². The van der Waals surface area contributed by atoms with Crippen molar-refractivity contribution in [1.82, 2.24) is 5.32 Å². The fourth-order valence-corrected chi connectivity index (χ4v) is 3.75. The van der Waals surface area contributed by atoms with Crippen LogP contribution >= 0.6 is 0 Å². The predicted octanol–water partition coefficient (Wildman–Crippen LogP) is 2.83. The van der Waals surface area contributed by atoms with E-state index in [1.807, 2.05) is 13.1 Å². The Balaban J connectivity index is 0.00000125. The summed E-state index contributed by atoms with van der Waals surface area (Å²) in [5.41, 5.74) is 4.25. The van der Waals surface area contributed by atoms with Gasteiger partial charge in [-0.2, -0.15) is 0 Å². The van der Waals surface area contributed by atoms with E-state index in [9.17, 15) is 9.90 Å². The predicted molar refractivity (Wildman–Crippen MR) is 135 cm³/mol. The highest BCUT2D eigenvalue weighted by molar-refractivity contribution is 6.39. The number of aliphatic imine (C=N–C) groups is 2. The van der Waals surface area contributed by atoms with Crippen molar-refractivity contribution in [2.45, 2.75) is 70.4 Å². The number of anilines is 2. The largest absolute Gasteiger partial charge is 0.396 e. The lowest BCUT2D eigenvalue weighted by atomic mass is 10.1. The van der Waals surface area contributed by atoms with E-state index in [-0.39, 0.29) is 12.5 Å². The average Bonchev–Trinajstić information content (AvgIpc) is 3.35. The second-order valence-corrected chi connectivity index (χ2v) is 7.89. The monoisotopic (exact) mass is 461 g/mol. The molecule has 1 aliphatic carbocycles. The fourth-order valence-electron chi connectivity index (χ4n) is 3.75. The summed E-state index contributed by atoms with van der Waals surface area (Å²) in [5.74, 6) is -0.255. The summed E-state index contributed by atoms with van der Waals surface area (Å²) in [6.45, 7) is 4.90. The highest BCUT2D eigenvalue weighted by atomic mass is 16.3. The first kappa shape index (κ1) is 28.3. The summed E-state index contributed by atoms with van der Waals surface area (Å²) in [6, 6.07) is 4.64. The van der Waals surface area contributed by atoms with Gasteiger partial charge in [0.25, 0.3) is 5.91 Å². The molecule has 0 spiro atoms. The summed E-state index contributed by atoms with van der Waals surface area (Å²) in [4.78, 5) is 28.7. The molecule has 184 valence electrons. The van der Waals surface area contributed by atoms with Gasteiger partial charge < -0.3 is 26.2 Å². The molecular weight excluding hydrogens is 422 g/mol. The Morgan fingerprint density at radius 3 is 2.42 bits per heavy atom. The Morgan fingerprint density at radius 1 is 1.24 bits per heavy atom. The van der Waals surface area contributed by atoms with E-state index in [0.717, 1.165) is 23.5 Å². The van der Waals surface area contributed by atoms with Crippen molar-refractivity contribution in [3.63, 3.8) is 0 Å². The highest BCUT2D eigenvalue weighted by Gasteiger charge is 2.18. The maximum atomic E-state index is 12.3. The minimum Gasteiger partial charge on any atom is -0.396 e. The third kappa shape index (κ3) is 9.71. The standard InChI is InChI=1S/C22H36N4O3.C2H3NO/c1-4-15-13-21(20(23-2)14-19(15)25-16-7-5-6-8-16)26-18(22(29)24-3)10-9-17(28)11-12-27;1-3-2-4/h13-14,16-17,23,25,27-28H,4-12H2,1-3H3,(H,24,29);2H,1H2. The number of benzene rings is 1. The summed E-state index contributed by atoms with van der Waals surface area (Å²) in [5, 5.41) is 28.4. The number of carbonyl (C=O) groups excluding carboxylic acids is 2. The molecule has 33 heavy (non-hydrogen) atoms. The van der Waals surface area contributed by atoms with Gasteiger partial charge >= 0.3 is 0 Å². The van der Waals surface area contributed by atoms with Crippen LogP contribution in [0.25, 0.3) is 0 Å². The van der Waals surface area contributed by atoms with Gasteiger partial charge in [-0.1, -0.05) is 19.8 Å². The van der Waals surface area contributed by atoms with E-state index >= 15 is 0 Å². The Bertz CT molecular complexity index is 785. The first-order valence-electron chi connectivity index (χ1n) is 11.5. The first-order chi connectivity index (χ1) is 15.9. The molecule has 1 saturated carbocycles. The molecule has 1 atom stereocenters. The number of nitrogens with one attached hydrogen (secondary N) is 3. The molecule has 1 aromatic rings. The maximum Gasteiger partial charge on any atom is 0.265 e. The molecule has 1 aromatic carbocycles. The Morgan fingerprint density at radius 2 is 1.91 bits per heavy atom. The third-order valence-corrected chi connectivity index (χ3v) is 5.58. The zero-order valence-electron chi connectivity index (χ0n) is 20.1. The highest BCUT2D eigenvalue weighted by Crippen LogP contribution is 2.34. The first-order valence-corrected chi connectivity index (χ1v) is 11.5. The summed E-state index contributed by atoms with van der Waals surface area (Å²) < 4.78 is 0. The molecule has 1 aliphatic rings. The molecule has 0 aliphatic heterocycles. The molecule has 0 aromatic heterocycles. The fraction of sp³-hybridized carbons (Fsp3) is 0.583. The van der Waals surface area contributed by atoms with Gasteiger partial charge in [-0.25, -0.2) is 9.98 Å². The van der Waals surface area contributed by atoms with Crippen LogP contribution in [0.5, 0.6) is 0 Å². The average molecular weight is 462 g/mol. The Hall–Kier alpha value is -2.78. The summed E-state index contributed by atoms with van der Waals surface area (Å²) in [6.07, 6.45) is 6.58.